The van der Waals surface area contributed by atoms with Crippen LogP contribution in [-0.2, 0) is 23.8 Å². The number of piperidine rings is 1. The van der Waals surface area contributed by atoms with E-state index in [0.29, 0.717) is 13.1 Å². The molecule has 2 rings (SSSR count). The normalized spacial score (nSPS) is 20.8. The Kier molecular flexibility index (Phi) is 5.74. The molecule has 0 aliphatic carbocycles. The van der Waals surface area contributed by atoms with Crippen LogP contribution in [0.25, 0.3) is 0 Å². The van der Waals surface area contributed by atoms with Crippen molar-refractivity contribution in [3.63, 3.8) is 0 Å². The number of rotatable bonds is 7. The molecule has 0 aromatic carbocycles. The number of aromatic nitrogens is 2. The molecule has 7 nitrogen and oxygen atoms in total. The van der Waals surface area contributed by atoms with Gasteiger partial charge in [0, 0.05) is 32.4 Å². The molecule has 0 bridgehead atoms. The molecule has 0 amide bonds. The number of hydrogen-bond donors (Lipinski definition) is 2. The van der Waals surface area contributed by atoms with Gasteiger partial charge in [0.25, 0.3) is 10.2 Å². The summed E-state index contributed by atoms with van der Waals surface area (Å²) in [5.74, 6) is 0. The Bertz CT molecular complexity index is 543. The van der Waals surface area contributed by atoms with E-state index >= 15 is 0 Å². The van der Waals surface area contributed by atoms with Gasteiger partial charge < -0.3 is 5.32 Å². The lowest BCUT2D eigenvalue weighted by Gasteiger charge is -2.34. The monoisotopic (exact) mass is 315 g/mol. The van der Waals surface area contributed by atoms with Crippen LogP contribution in [0.1, 0.15) is 31.9 Å². The Morgan fingerprint density at radius 1 is 1.43 bits per heavy atom. The second-order valence-electron chi connectivity index (χ2n) is 5.34. The highest BCUT2D eigenvalue weighted by atomic mass is 32.2. The first kappa shape index (κ1) is 16.4. The van der Waals surface area contributed by atoms with E-state index in [2.05, 4.69) is 15.1 Å². The second-order valence-corrected chi connectivity index (χ2v) is 7.05. The number of aryl methyl sites for hydroxylation is 1. The van der Waals surface area contributed by atoms with Gasteiger partial charge in [0.2, 0.25) is 0 Å². The van der Waals surface area contributed by atoms with Gasteiger partial charge in [0.1, 0.15) is 0 Å². The summed E-state index contributed by atoms with van der Waals surface area (Å²) < 4.78 is 31.0. The summed E-state index contributed by atoms with van der Waals surface area (Å²) in [6, 6.07) is 1.86. The summed E-state index contributed by atoms with van der Waals surface area (Å²) in [5, 5.41) is 7.29. The lowest BCUT2D eigenvalue weighted by molar-refractivity contribution is 0.243. The zero-order valence-corrected chi connectivity index (χ0v) is 13.6. The summed E-state index contributed by atoms with van der Waals surface area (Å²) in [6.45, 7) is 4.46. The molecule has 120 valence electrons. The molecule has 1 atom stereocenters. The van der Waals surface area contributed by atoms with Crippen LogP contribution in [0.15, 0.2) is 12.3 Å². The van der Waals surface area contributed by atoms with Crippen molar-refractivity contribution in [3.05, 3.63) is 18.0 Å². The Hall–Kier alpha value is -0.960. The predicted octanol–water partition coefficient (Wildman–Crippen LogP) is 0.219. The van der Waals surface area contributed by atoms with Crippen LogP contribution >= 0.6 is 0 Å². The Labute approximate surface area is 126 Å². The van der Waals surface area contributed by atoms with Crippen molar-refractivity contribution in [2.75, 3.05) is 19.6 Å². The first-order valence-electron chi connectivity index (χ1n) is 7.48. The summed E-state index contributed by atoms with van der Waals surface area (Å²) in [4.78, 5) is 0. The maximum Gasteiger partial charge on any atom is 0.280 e. The minimum Gasteiger partial charge on any atom is -0.315 e. The van der Waals surface area contributed by atoms with Crippen molar-refractivity contribution >= 4 is 10.2 Å². The average Bonchev–Trinajstić information content (AvgIpc) is 2.89. The van der Waals surface area contributed by atoms with E-state index in [4.69, 9.17) is 0 Å². The molecule has 2 N–H and O–H groups in total. The molecule has 1 fully saturated rings. The van der Waals surface area contributed by atoms with E-state index in [-0.39, 0.29) is 12.6 Å². The molecular formula is C13H25N5O2S. The van der Waals surface area contributed by atoms with E-state index in [0.717, 1.165) is 31.5 Å². The summed E-state index contributed by atoms with van der Waals surface area (Å²) in [7, 11) is -1.65. The maximum absolute atomic E-state index is 12.5. The summed E-state index contributed by atoms with van der Waals surface area (Å²) in [5.41, 5.74) is 0.846. The fourth-order valence-corrected chi connectivity index (χ4v) is 4.07. The Balaban J connectivity index is 2.00. The van der Waals surface area contributed by atoms with Gasteiger partial charge in [-0.3, -0.25) is 4.68 Å². The third kappa shape index (κ3) is 4.26. The Morgan fingerprint density at radius 2 is 2.24 bits per heavy atom. The van der Waals surface area contributed by atoms with Crippen LogP contribution in [0.4, 0.5) is 0 Å². The van der Waals surface area contributed by atoms with Gasteiger partial charge in [0.05, 0.1) is 12.2 Å². The first-order chi connectivity index (χ1) is 10.0. The highest BCUT2D eigenvalue weighted by molar-refractivity contribution is 7.87. The minimum atomic E-state index is -3.45. The number of hydrogen-bond acceptors (Lipinski definition) is 4. The fraction of sp³-hybridized carbons (Fsp3) is 0.769. The zero-order chi connectivity index (χ0) is 15.3. The highest BCUT2D eigenvalue weighted by Crippen LogP contribution is 2.19. The first-order valence-corrected chi connectivity index (χ1v) is 8.92. The molecule has 1 aromatic rings. The third-order valence-electron chi connectivity index (χ3n) is 3.87. The predicted molar refractivity (Wildman–Crippen MR) is 81.9 cm³/mol. The molecule has 1 saturated heterocycles. The van der Waals surface area contributed by atoms with Gasteiger partial charge >= 0.3 is 0 Å². The molecule has 1 aromatic heterocycles. The fourth-order valence-electron chi connectivity index (χ4n) is 2.63. The summed E-state index contributed by atoms with van der Waals surface area (Å²) in [6.07, 6.45) is 4.59. The molecule has 21 heavy (non-hydrogen) atoms. The van der Waals surface area contributed by atoms with E-state index < -0.39 is 10.2 Å². The topological polar surface area (TPSA) is 79.3 Å². The summed E-state index contributed by atoms with van der Waals surface area (Å²) >= 11 is 0. The molecule has 8 heteroatoms. The molecule has 2 heterocycles. The van der Waals surface area contributed by atoms with E-state index in [9.17, 15) is 8.42 Å². The molecule has 0 saturated carbocycles. The van der Waals surface area contributed by atoms with Gasteiger partial charge in [-0.1, -0.05) is 13.3 Å². The smallest absolute Gasteiger partial charge is 0.280 e. The van der Waals surface area contributed by atoms with E-state index in [1.807, 2.05) is 13.0 Å². The van der Waals surface area contributed by atoms with Crippen molar-refractivity contribution in [2.24, 2.45) is 7.05 Å². The van der Waals surface area contributed by atoms with Gasteiger partial charge in [-0.2, -0.15) is 22.5 Å². The van der Waals surface area contributed by atoms with Crippen molar-refractivity contribution in [1.29, 1.82) is 0 Å². The Morgan fingerprint density at radius 3 is 2.90 bits per heavy atom. The van der Waals surface area contributed by atoms with Crippen LogP contribution in [0.2, 0.25) is 0 Å². The molecule has 1 aliphatic rings. The van der Waals surface area contributed by atoms with Crippen molar-refractivity contribution < 1.29 is 8.42 Å². The molecule has 1 unspecified atom stereocenters. The average molecular weight is 315 g/mol. The van der Waals surface area contributed by atoms with Crippen LogP contribution in [0.3, 0.4) is 0 Å². The second kappa shape index (κ2) is 7.35. The van der Waals surface area contributed by atoms with Gasteiger partial charge in [-0.05, 0) is 25.5 Å². The van der Waals surface area contributed by atoms with E-state index in [1.54, 1.807) is 22.2 Å². The lowest BCUT2D eigenvalue weighted by atomic mass is 10.1. The van der Waals surface area contributed by atoms with Crippen LogP contribution in [-0.4, -0.2) is 48.2 Å². The maximum atomic E-state index is 12.5. The standard InChI is InChI=1S/C13H25N5O2S/c1-3-14-10-13-6-4-5-9-18(13)21(19,20)16-11-12-7-8-15-17(12)2/h7-8,13-14,16H,3-6,9-11H2,1-2H3. The number of nitrogens with zero attached hydrogens (tertiary/aromatic N) is 3. The van der Waals surface area contributed by atoms with Crippen molar-refractivity contribution in [3.8, 4) is 0 Å². The quantitative estimate of drug-likeness (QED) is 0.754. The van der Waals surface area contributed by atoms with Gasteiger partial charge in [0.15, 0.2) is 0 Å². The van der Waals surface area contributed by atoms with Crippen LogP contribution < -0.4 is 10.0 Å². The molecule has 0 radical (unpaired) electrons. The zero-order valence-electron chi connectivity index (χ0n) is 12.7. The van der Waals surface area contributed by atoms with Gasteiger partial charge in [-0.25, -0.2) is 0 Å². The van der Waals surface area contributed by atoms with Crippen LogP contribution in [0.5, 0.6) is 0 Å². The molecule has 1 aliphatic heterocycles. The SMILES string of the molecule is CCNCC1CCCCN1S(=O)(=O)NCc1ccnn1C. The third-order valence-corrected chi connectivity index (χ3v) is 5.48. The number of likely N-dealkylation sites (N-methyl/N-ethyl adjacent to an activating group) is 1. The lowest BCUT2D eigenvalue weighted by Crippen LogP contribution is -2.52. The molecule has 0 spiro atoms. The number of nitrogens with one attached hydrogen (secondary N) is 2. The minimum absolute atomic E-state index is 0.0442. The van der Waals surface area contributed by atoms with E-state index in [1.165, 1.54) is 0 Å². The molecular weight excluding hydrogens is 290 g/mol. The van der Waals surface area contributed by atoms with Crippen LogP contribution in [0, 0.1) is 0 Å². The van der Waals surface area contributed by atoms with Crippen molar-refractivity contribution in [1.82, 2.24) is 24.1 Å². The largest absolute Gasteiger partial charge is 0.315 e. The van der Waals surface area contributed by atoms with Crippen molar-refractivity contribution in [2.45, 2.75) is 38.8 Å². The highest BCUT2D eigenvalue weighted by Gasteiger charge is 2.31. The van der Waals surface area contributed by atoms with Gasteiger partial charge in [-0.15, -0.1) is 0 Å².